The topological polar surface area (TPSA) is 95.0 Å². The molecule has 0 fully saturated rings. The van der Waals surface area contributed by atoms with Gasteiger partial charge in [-0.15, -0.1) is 0 Å². The van der Waals surface area contributed by atoms with Gasteiger partial charge >= 0.3 is 0 Å². The van der Waals surface area contributed by atoms with E-state index in [1.54, 1.807) is 27.6 Å². The molecule has 0 spiro atoms. The predicted molar refractivity (Wildman–Crippen MR) is 115 cm³/mol. The van der Waals surface area contributed by atoms with Crippen molar-refractivity contribution < 1.29 is 9.72 Å². The molecule has 0 saturated heterocycles. The lowest BCUT2D eigenvalue weighted by Gasteiger charge is -2.11. The van der Waals surface area contributed by atoms with Gasteiger partial charge in [0.05, 0.1) is 16.3 Å². The molecule has 30 heavy (non-hydrogen) atoms. The van der Waals surface area contributed by atoms with E-state index in [2.05, 4.69) is 16.5 Å². The van der Waals surface area contributed by atoms with Crippen molar-refractivity contribution in [1.82, 2.24) is 14.3 Å². The zero-order valence-electron chi connectivity index (χ0n) is 16.9. The van der Waals surface area contributed by atoms with Crippen LogP contribution in [-0.2, 0) is 11.3 Å². The first kappa shape index (κ1) is 19.4. The number of benzene rings is 2. The largest absolute Gasteiger partial charge is 0.338 e. The van der Waals surface area contributed by atoms with Crippen molar-refractivity contribution in [3.05, 3.63) is 81.7 Å². The fraction of sp³-hybridized carbons (Fsp3) is 0.182. The summed E-state index contributed by atoms with van der Waals surface area (Å²) in [5.74, 6) is 0.381. The Bertz CT molecular complexity index is 1270. The number of aryl methyl sites for hydroxylation is 3. The van der Waals surface area contributed by atoms with Crippen LogP contribution in [0.3, 0.4) is 0 Å². The lowest BCUT2D eigenvalue weighted by Crippen LogP contribution is -2.20. The molecule has 4 rings (SSSR count). The lowest BCUT2D eigenvalue weighted by atomic mass is 10.1. The maximum absolute atomic E-state index is 12.7. The molecule has 2 aromatic carbocycles. The van der Waals surface area contributed by atoms with Crippen molar-refractivity contribution in [1.29, 1.82) is 0 Å². The minimum atomic E-state index is -0.431. The quantitative estimate of drug-likeness (QED) is 0.397. The number of hydrogen-bond acceptors (Lipinski definition) is 4. The summed E-state index contributed by atoms with van der Waals surface area (Å²) in [4.78, 5) is 23.3. The minimum absolute atomic E-state index is 0.0255. The molecule has 0 radical (unpaired) electrons. The van der Waals surface area contributed by atoms with Gasteiger partial charge < -0.3 is 9.88 Å². The zero-order valence-corrected chi connectivity index (χ0v) is 16.9. The summed E-state index contributed by atoms with van der Waals surface area (Å²) in [6.07, 6.45) is 1.75. The summed E-state index contributed by atoms with van der Waals surface area (Å²) in [6.45, 7) is 6.00. The molecule has 0 saturated carbocycles. The minimum Gasteiger partial charge on any atom is -0.338 e. The molecule has 0 aliphatic carbocycles. The van der Waals surface area contributed by atoms with Gasteiger partial charge in [0.1, 0.15) is 12.4 Å². The van der Waals surface area contributed by atoms with Crippen LogP contribution in [-0.4, -0.2) is 25.2 Å². The average Bonchev–Trinajstić information content (AvgIpc) is 3.23. The maximum atomic E-state index is 12.7. The number of fused-ring (bicyclic) bond motifs is 1. The van der Waals surface area contributed by atoms with E-state index in [1.807, 2.05) is 39.0 Å². The number of nitrogens with one attached hydrogen (secondary N) is 1. The smallest absolute Gasteiger partial charge is 0.270 e. The van der Waals surface area contributed by atoms with Crippen molar-refractivity contribution in [2.24, 2.45) is 0 Å². The molecule has 0 atom stereocenters. The van der Waals surface area contributed by atoms with E-state index in [0.717, 1.165) is 28.0 Å². The Kier molecular flexibility index (Phi) is 4.83. The summed E-state index contributed by atoms with van der Waals surface area (Å²) >= 11 is 0. The zero-order chi connectivity index (χ0) is 21.4. The van der Waals surface area contributed by atoms with E-state index >= 15 is 0 Å². The molecule has 1 amide bonds. The van der Waals surface area contributed by atoms with E-state index < -0.39 is 4.92 Å². The highest BCUT2D eigenvalue weighted by atomic mass is 16.6. The Hall–Kier alpha value is -3.94. The van der Waals surface area contributed by atoms with Crippen LogP contribution >= 0.6 is 0 Å². The number of rotatable bonds is 5. The third-order valence-electron chi connectivity index (χ3n) is 4.83. The second-order valence-corrected chi connectivity index (χ2v) is 7.42. The Morgan fingerprint density at radius 1 is 1.07 bits per heavy atom. The molecule has 2 heterocycles. The van der Waals surface area contributed by atoms with E-state index in [-0.39, 0.29) is 18.1 Å². The molecular weight excluding hydrogens is 382 g/mol. The first-order valence-electron chi connectivity index (χ1n) is 9.48. The molecule has 4 aromatic rings. The number of carbonyl (C=O) groups is 1. The molecule has 0 unspecified atom stereocenters. The Labute approximate surface area is 172 Å². The Morgan fingerprint density at radius 3 is 2.50 bits per heavy atom. The van der Waals surface area contributed by atoms with Crippen LogP contribution < -0.4 is 5.32 Å². The van der Waals surface area contributed by atoms with Crippen molar-refractivity contribution in [3.63, 3.8) is 0 Å². The molecule has 0 aliphatic rings. The summed E-state index contributed by atoms with van der Waals surface area (Å²) in [5, 5.41) is 19.1. The second-order valence-electron chi connectivity index (χ2n) is 7.42. The van der Waals surface area contributed by atoms with Crippen LogP contribution in [0.15, 0.2) is 54.7 Å². The van der Waals surface area contributed by atoms with Crippen LogP contribution in [0.5, 0.6) is 0 Å². The number of hydrogen-bond donors (Lipinski definition) is 1. The Balaban J connectivity index is 1.58. The number of nitro benzene ring substituents is 1. The number of amides is 1. The third kappa shape index (κ3) is 3.80. The number of nitrogens with zero attached hydrogens (tertiary/aromatic N) is 4. The van der Waals surface area contributed by atoms with Gasteiger partial charge in [0, 0.05) is 35.3 Å². The number of non-ortho nitro benzene ring substituents is 1. The molecular formula is C22H21N5O3. The molecule has 0 bridgehead atoms. The van der Waals surface area contributed by atoms with Gasteiger partial charge in [-0.25, -0.2) is 4.68 Å². The van der Waals surface area contributed by atoms with Crippen LogP contribution in [0.1, 0.15) is 16.8 Å². The van der Waals surface area contributed by atoms with Crippen LogP contribution in [0.2, 0.25) is 0 Å². The van der Waals surface area contributed by atoms with E-state index in [9.17, 15) is 14.9 Å². The van der Waals surface area contributed by atoms with Crippen molar-refractivity contribution in [2.45, 2.75) is 27.3 Å². The molecule has 2 aromatic heterocycles. The van der Waals surface area contributed by atoms with Gasteiger partial charge in [0.2, 0.25) is 5.91 Å². The van der Waals surface area contributed by atoms with Crippen LogP contribution in [0.4, 0.5) is 11.5 Å². The number of anilines is 1. The third-order valence-corrected chi connectivity index (χ3v) is 4.83. The standard InChI is InChI=1S/C22H21N5O3/c1-14-8-15(2)10-19(9-14)26-21(11-16(3)24-26)23-22(28)13-25-7-6-17-12-18(27(29)30)4-5-20(17)25/h4-12H,13H2,1-3H3,(H,23,28). The monoisotopic (exact) mass is 403 g/mol. The van der Waals surface area contributed by atoms with Crippen molar-refractivity contribution in [2.75, 3.05) is 5.32 Å². The molecule has 8 heteroatoms. The lowest BCUT2D eigenvalue weighted by molar-refractivity contribution is -0.384. The maximum Gasteiger partial charge on any atom is 0.270 e. The summed E-state index contributed by atoms with van der Waals surface area (Å²) in [7, 11) is 0. The average molecular weight is 403 g/mol. The van der Waals surface area contributed by atoms with Gasteiger partial charge in [0.25, 0.3) is 5.69 Å². The van der Waals surface area contributed by atoms with Gasteiger partial charge in [-0.2, -0.15) is 5.10 Å². The summed E-state index contributed by atoms with van der Waals surface area (Å²) in [6, 6.07) is 14.3. The highest BCUT2D eigenvalue weighted by Crippen LogP contribution is 2.23. The van der Waals surface area contributed by atoms with Gasteiger partial charge in [0.15, 0.2) is 0 Å². The highest BCUT2D eigenvalue weighted by Gasteiger charge is 2.14. The predicted octanol–water partition coefficient (Wildman–Crippen LogP) is 4.30. The Morgan fingerprint density at radius 2 is 1.80 bits per heavy atom. The van der Waals surface area contributed by atoms with Crippen molar-refractivity contribution >= 4 is 28.3 Å². The molecule has 152 valence electrons. The van der Waals surface area contributed by atoms with E-state index in [4.69, 9.17) is 0 Å². The first-order valence-corrected chi connectivity index (χ1v) is 9.48. The normalized spacial score (nSPS) is 11.0. The van der Waals surface area contributed by atoms with Gasteiger partial charge in [-0.3, -0.25) is 14.9 Å². The number of aromatic nitrogens is 3. The van der Waals surface area contributed by atoms with Gasteiger partial charge in [-0.1, -0.05) is 6.07 Å². The highest BCUT2D eigenvalue weighted by molar-refractivity contribution is 5.92. The number of carbonyl (C=O) groups excluding carboxylic acids is 1. The summed E-state index contributed by atoms with van der Waals surface area (Å²) < 4.78 is 3.49. The first-order chi connectivity index (χ1) is 14.3. The summed E-state index contributed by atoms with van der Waals surface area (Å²) in [5.41, 5.74) is 4.69. The van der Waals surface area contributed by atoms with E-state index in [1.165, 1.54) is 12.1 Å². The fourth-order valence-electron chi connectivity index (χ4n) is 3.63. The SMILES string of the molecule is Cc1cc(C)cc(-n2nc(C)cc2NC(=O)Cn2ccc3cc([N+](=O)[O-])ccc32)c1. The molecule has 1 N–H and O–H groups in total. The van der Waals surface area contributed by atoms with Crippen LogP contribution in [0.25, 0.3) is 16.6 Å². The molecule has 8 nitrogen and oxygen atoms in total. The second kappa shape index (κ2) is 7.47. The number of nitro groups is 1. The van der Waals surface area contributed by atoms with Crippen molar-refractivity contribution in [3.8, 4) is 5.69 Å². The van der Waals surface area contributed by atoms with Gasteiger partial charge in [-0.05, 0) is 56.2 Å². The molecule has 0 aliphatic heterocycles. The fourth-order valence-corrected chi connectivity index (χ4v) is 3.63. The van der Waals surface area contributed by atoms with E-state index in [0.29, 0.717) is 11.2 Å². The van der Waals surface area contributed by atoms with Crippen LogP contribution in [0, 0.1) is 30.9 Å².